The maximum absolute atomic E-state index is 13.1. The van der Waals surface area contributed by atoms with Gasteiger partial charge in [-0.1, -0.05) is 0 Å². The number of benzene rings is 1. The maximum atomic E-state index is 13.1. The minimum atomic E-state index is -4.58. The highest BCUT2D eigenvalue weighted by Gasteiger charge is 2.35. The van der Waals surface area contributed by atoms with Crippen molar-refractivity contribution in [3.63, 3.8) is 0 Å². The van der Waals surface area contributed by atoms with Gasteiger partial charge in [-0.2, -0.15) is 18.4 Å². The average molecular weight is 341 g/mol. The third kappa shape index (κ3) is 4.31. The summed E-state index contributed by atoms with van der Waals surface area (Å²) in [7, 11) is 0. The Morgan fingerprint density at radius 3 is 2.88 bits per heavy atom. The van der Waals surface area contributed by atoms with Crippen molar-refractivity contribution < 1.29 is 22.7 Å². The summed E-state index contributed by atoms with van der Waals surface area (Å²) in [6, 6.07) is 5.02. The van der Waals surface area contributed by atoms with E-state index in [0.717, 1.165) is 12.5 Å². The number of likely N-dealkylation sites (tertiary alicyclic amines) is 1. The lowest BCUT2D eigenvalue weighted by atomic mass is 10.0. The molecule has 0 bridgehead atoms. The fraction of sp³-hybridized carbons (Fsp3) is 0.500. The van der Waals surface area contributed by atoms with E-state index in [0.29, 0.717) is 13.0 Å². The van der Waals surface area contributed by atoms with Gasteiger partial charge in [0.25, 0.3) is 0 Å². The minimum absolute atomic E-state index is 0.0369. The number of carbonyl (C=O) groups excluding carboxylic acids is 1. The molecule has 2 amide bonds. The number of nitrogens with zero attached hydrogens (tertiary/aromatic N) is 2. The Morgan fingerprint density at radius 2 is 2.25 bits per heavy atom. The van der Waals surface area contributed by atoms with Crippen LogP contribution in [0.3, 0.4) is 0 Å². The molecule has 5 nitrogen and oxygen atoms in total. The zero-order valence-corrected chi connectivity index (χ0v) is 13.2. The molecular weight excluding hydrogens is 323 g/mol. The molecule has 1 saturated heterocycles. The molecule has 24 heavy (non-hydrogen) atoms. The highest BCUT2D eigenvalue weighted by atomic mass is 19.4. The van der Waals surface area contributed by atoms with Gasteiger partial charge in [-0.25, -0.2) is 4.79 Å². The zero-order chi connectivity index (χ0) is 17.7. The lowest BCUT2D eigenvalue weighted by molar-refractivity contribution is -0.138. The molecular formula is C16H18F3N3O2. The fourth-order valence-electron chi connectivity index (χ4n) is 2.58. The number of halogens is 3. The van der Waals surface area contributed by atoms with E-state index in [1.54, 1.807) is 6.92 Å². The van der Waals surface area contributed by atoms with Gasteiger partial charge in [-0.3, -0.25) is 0 Å². The summed E-state index contributed by atoms with van der Waals surface area (Å²) in [6.45, 7) is 2.47. The Kier molecular flexibility index (Phi) is 5.54. The Balaban J connectivity index is 2.15. The van der Waals surface area contributed by atoms with E-state index in [4.69, 9.17) is 10.00 Å². The molecule has 1 aromatic carbocycles. The molecule has 2 rings (SSSR count). The molecule has 0 aromatic heterocycles. The summed E-state index contributed by atoms with van der Waals surface area (Å²) < 4.78 is 44.3. The zero-order valence-electron chi connectivity index (χ0n) is 13.2. The van der Waals surface area contributed by atoms with Crippen molar-refractivity contribution in [2.45, 2.75) is 25.9 Å². The highest BCUT2D eigenvalue weighted by Crippen LogP contribution is 2.38. The van der Waals surface area contributed by atoms with Crippen LogP contribution in [0.4, 0.5) is 23.7 Å². The number of carbonyl (C=O) groups is 1. The molecule has 0 aliphatic carbocycles. The van der Waals surface area contributed by atoms with E-state index in [9.17, 15) is 18.0 Å². The van der Waals surface area contributed by atoms with Gasteiger partial charge in [-0.05, 0) is 38.0 Å². The molecule has 0 unspecified atom stereocenters. The molecule has 0 spiro atoms. The first-order valence-electron chi connectivity index (χ1n) is 7.64. The molecule has 0 saturated carbocycles. The van der Waals surface area contributed by atoms with E-state index >= 15 is 0 Å². The van der Waals surface area contributed by atoms with Crippen LogP contribution < -0.4 is 10.1 Å². The summed E-state index contributed by atoms with van der Waals surface area (Å²) in [5.74, 6) is -0.513. The second kappa shape index (κ2) is 7.43. The van der Waals surface area contributed by atoms with Crippen molar-refractivity contribution in [1.82, 2.24) is 4.90 Å². The SMILES string of the molecule is CCOc1ccc(NC(=O)N2CCC[C@@H](C#N)C2)cc1C(F)(F)F. The molecule has 8 heteroatoms. The normalized spacial score (nSPS) is 18.0. The Hall–Kier alpha value is -2.43. The molecule has 1 aromatic rings. The number of rotatable bonds is 3. The van der Waals surface area contributed by atoms with E-state index < -0.39 is 17.8 Å². The third-order valence-electron chi connectivity index (χ3n) is 3.73. The van der Waals surface area contributed by atoms with Crippen LogP contribution >= 0.6 is 0 Å². The van der Waals surface area contributed by atoms with E-state index in [1.165, 1.54) is 17.0 Å². The van der Waals surface area contributed by atoms with Gasteiger partial charge in [0.2, 0.25) is 0 Å². The monoisotopic (exact) mass is 341 g/mol. The molecule has 1 N–H and O–H groups in total. The predicted octanol–water partition coefficient (Wildman–Crippen LogP) is 3.87. The summed E-state index contributed by atoms with van der Waals surface area (Å²) >= 11 is 0. The number of hydrogen-bond donors (Lipinski definition) is 1. The van der Waals surface area contributed by atoms with Crippen LogP contribution in [0.15, 0.2) is 18.2 Å². The van der Waals surface area contributed by atoms with Gasteiger partial charge < -0.3 is 15.0 Å². The molecule has 1 fully saturated rings. The first-order valence-corrected chi connectivity index (χ1v) is 7.64. The van der Waals surface area contributed by atoms with Crippen LogP contribution in [-0.4, -0.2) is 30.6 Å². The largest absolute Gasteiger partial charge is 0.493 e. The van der Waals surface area contributed by atoms with Crippen LogP contribution in [-0.2, 0) is 6.18 Å². The Morgan fingerprint density at radius 1 is 1.50 bits per heavy atom. The fourth-order valence-corrected chi connectivity index (χ4v) is 2.58. The topological polar surface area (TPSA) is 65.4 Å². The van der Waals surface area contributed by atoms with Crippen LogP contribution in [0.1, 0.15) is 25.3 Å². The van der Waals surface area contributed by atoms with Crippen molar-refractivity contribution in [3.8, 4) is 11.8 Å². The number of anilines is 1. The lowest BCUT2D eigenvalue weighted by Gasteiger charge is -2.29. The summed E-state index contributed by atoms with van der Waals surface area (Å²) in [5, 5.41) is 11.4. The number of nitriles is 1. The predicted molar refractivity (Wildman–Crippen MR) is 81.5 cm³/mol. The molecule has 1 heterocycles. The highest BCUT2D eigenvalue weighted by molar-refractivity contribution is 5.89. The van der Waals surface area contributed by atoms with Crippen LogP contribution in [0, 0.1) is 17.2 Å². The number of hydrogen-bond acceptors (Lipinski definition) is 3. The minimum Gasteiger partial charge on any atom is -0.493 e. The van der Waals surface area contributed by atoms with Crippen LogP contribution in [0.2, 0.25) is 0 Å². The number of urea groups is 1. The Bertz CT molecular complexity index is 640. The van der Waals surface area contributed by atoms with E-state index in [-0.39, 0.29) is 30.5 Å². The van der Waals surface area contributed by atoms with Gasteiger partial charge in [-0.15, -0.1) is 0 Å². The molecule has 1 aliphatic heterocycles. The Labute approximate surface area is 138 Å². The van der Waals surface area contributed by atoms with Crippen molar-refractivity contribution in [2.24, 2.45) is 5.92 Å². The first-order chi connectivity index (χ1) is 11.3. The maximum Gasteiger partial charge on any atom is 0.420 e. The lowest BCUT2D eigenvalue weighted by Crippen LogP contribution is -2.42. The standard InChI is InChI=1S/C16H18F3N3O2/c1-2-24-14-6-5-12(8-13(14)16(17,18)19)21-15(23)22-7-3-4-11(9-20)10-22/h5-6,8,11H,2-4,7,10H2,1H3,(H,21,23)/t11-/m0/s1. The van der Waals surface area contributed by atoms with Gasteiger partial charge >= 0.3 is 12.2 Å². The molecule has 1 aliphatic rings. The van der Waals surface area contributed by atoms with Crippen molar-refractivity contribution in [1.29, 1.82) is 5.26 Å². The molecule has 130 valence electrons. The average Bonchev–Trinajstić information content (AvgIpc) is 2.55. The second-order valence-electron chi connectivity index (χ2n) is 5.49. The number of piperidine rings is 1. The molecule has 0 radical (unpaired) electrons. The van der Waals surface area contributed by atoms with Crippen molar-refractivity contribution in [3.05, 3.63) is 23.8 Å². The number of amides is 2. The summed E-state index contributed by atoms with van der Waals surface area (Å²) in [6.07, 6.45) is -3.16. The van der Waals surface area contributed by atoms with Crippen LogP contribution in [0.25, 0.3) is 0 Å². The van der Waals surface area contributed by atoms with E-state index in [2.05, 4.69) is 11.4 Å². The number of nitrogens with one attached hydrogen (secondary N) is 1. The summed E-state index contributed by atoms with van der Waals surface area (Å²) in [5.41, 5.74) is -0.898. The third-order valence-corrected chi connectivity index (χ3v) is 3.73. The van der Waals surface area contributed by atoms with E-state index in [1.807, 2.05) is 0 Å². The van der Waals surface area contributed by atoms with Gasteiger partial charge in [0.05, 0.1) is 24.2 Å². The molecule has 1 atom stereocenters. The number of ether oxygens (including phenoxy) is 1. The van der Waals surface area contributed by atoms with Gasteiger partial charge in [0.15, 0.2) is 0 Å². The van der Waals surface area contributed by atoms with Crippen molar-refractivity contribution >= 4 is 11.7 Å². The summed E-state index contributed by atoms with van der Waals surface area (Å²) in [4.78, 5) is 13.6. The van der Waals surface area contributed by atoms with Gasteiger partial charge in [0, 0.05) is 18.8 Å². The van der Waals surface area contributed by atoms with Gasteiger partial charge in [0.1, 0.15) is 5.75 Å². The quantitative estimate of drug-likeness (QED) is 0.907. The van der Waals surface area contributed by atoms with Crippen molar-refractivity contribution in [2.75, 3.05) is 25.0 Å². The second-order valence-corrected chi connectivity index (χ2v) is 5.49. The van der Waals surface area contributed by atoms with Crippen LogP contribution in [0.5, 0.6) is 5.75 Å². The first kappa shape index (κ1) is 17.9. The smallest absolute Gasteiger partial charge is 0.420 e. The number of alkyl halides is 3.